The second-order valence-corrected chi connectivity index (χ2v) is 12.7. The average molecular weight is 739 g/mol. The average Bonchev–Trinajstić information content (AvgIpc) is 3.02. The van der Waals surface area contributed by atoms with Crippen LogP contribution in [0.2, 0.25) is 0 Å². The van der Waals surface area contributed by atoms with Gasteiger partial charge in [0.05, 0.1) is 38.4 Å². The van der Waals surface area contributed by atoms with Gasteiger partial charge in [0.2, 0.25) is 0 Å². The van der Waals surface area contributed by atoms with Crippen LogP contribution in [-0.2, 0) is 20.2 Å². The van der Waals surface area contributed by atoms with E-state index in [0.29, 0.717) is 16.2 Å². The molecule has 0 saturated heterocycles. The van der Waals surface area contributed by atoms with Crippen molar-refractivity contribution < 1.29 is 130 Å². The number of azo groups is 2. The molecule has 0 aromatic heterocycles. The Morgan fingerprint density at radius 1 is 0.720 bits per heavy atom. The van der Waals surface area contributed by atoms with Crippen LogP contribution < -0.4 is 93.4 Å². The second-order valence-electron chi connectivity index (χ2n) is 10.0. The van der Waals surface area contributed by atoms with Gasteiger partial charge in [0.25, 0.3) is 0 Å². The van der Waals surface area contributed by atoms with E-state index in [2.05, 4.69) is 26.5 Å². The molecule has 50 heavy (non-hydrogen) atoms. The van der Waals surface area contributed by atoms with E-state index in [1.807, 2.05) is 0 Å². The van der Waals surface area contributed by atoms with Crippen LogP contribution in [0.1, 0.15) is 6.92 Å². The number of hydrogen-bond donors (Lipinski definition) is 2. The molecule has 0 heterocycles. The molecule has 6 aromatic carbocycles. The van der Waals surface area contributed by atoms with Crippen LogP contribution in [-0.4, -0.2) is 42.8 Å². The Morgan fingerprint density at radius 2 is 1.38 bits per heavy atom. The van der Waals surface area contributed by atoms with Gasteiger partial charge in [-0.25, -0.2) is 16.8 Å². The molecule has 2 N–H and O–H groups in total. The van der Waals surface area contributed by atoms with Crippen LogP contribution >= 0.6 is 0 Å². The summed E-state index contributed by atoms with van der Waals surface area (Å²) in [4.78, 5) is -1.29. The topological polar surface area (TPSA) is 214 Å². The van der Waals surface area contributed by atoms with Crippen molar-refractivity contribution in [2.24, 2.45) is 20.5 Å². The zero-order chi connectivity index (χ0) is 33.5. The number of fused-ring (bicyclic) bond motifs is 3. The maximum Gasteiger partial charge on any atom is 1.00 e. The first-order valence-corrected chi connectivity index (χ1v) is 16.5. The Labute approximate surface area is 352 Å². The van der Waals surface area contributed by atoms with Crippen LogP contribution in [0.25, 0.3) is 32.3 Å². The maximum atomic E-state index is 12.3. The number of nitrogens with zero attached hydrogens (tertiary/aromatic N) is 4. The zero-order valence-electron chi connectivity index (χ0n) is 27.1. The minimum Gasteiger partial charge on any atom is -0.751 e. The molecule has 0 aliphatic rings. The fourth-order valence-electron chi connectivity index (χ4n) is 5.14. The van der Waals surface area contributed by atoms with Crippen molar-refractivity contribution in [1.29, 1.82) is 0 Å². The standard InChI is InChI=1S/C32H23N4O9S2.3Na/c1-2-45-27-16-24(34-33-23-15-14-18-8-3-4-9-19(18)32(23)47(42,43)44)20-10-5-6-11-21(20)30(27)36-35-25-17-28(46(39,40)41)22-12-7-13-26(37)29(22)31(25)38;;;/h3-8,10-17,37-38H,2H2,1H3,(H,39,40,41)(H,42,43,44);;;/q-1;3*+1/p-2. The Hall–Kier alpha value is -2.48. The predicted molar refractivity (Wildman–Crippen MR) is 169 cm³/mol. The van der Waals surface area contributed by atoms with Crippen LogP contribution in [0.3, 0.4) is 0 Å². The number of aromatic hydroxyl groups is 2. The summed E-state index contributed by atoms with van der Waals surface area (Å²) < 4.78 is 78.8. The van der Waals surface area contributed by atoms with Crippen molar-refractivity contribution in [3.8, 4) is 17.2 Å². The third kappa shape index (κ3) is 8.42. The molecule has 6 rings (SSSR count). The quantitative estimate of drug-likeness (QED) is 0.0796. The summed E-state index contributed by atoms with van der Waals surface area (Å²) in [5.74, 6) is -0.958. The normalized spacial score (nSPS) is 11.8. The fraction of sp³-hybridized carbons (Fsp3) is 0.0625. The van der Waals surface area contributed by atoms with E-state index in [0.717, 1.165) is 6.07 Å². The van der Waals surface area contributed by atoms with Gasteiger partial charge in [0.15, 0.2) is 5.75 Å². The van der Waals surface area contributed by atoms with Gasteiger partial charge >= 0.3 is 88.7 Å². The monoisotopic (exact) mass is 738 g/mol. The van der Waals surface area contributed by atoms with Gasteiger partial charge in [-0.1, -0.05) is 48.5 Å². The Balaban J connectivity index is 0.00000225. The van der Waals surface area contributed by atoms with Crippen molar-refractivity contribution in [2.45, 2.75) is 16.7 Å². The van der Waals surface area contributed by atoms with Crippen molar-refractivity contribution in [1.82, 2.24) is 0 Å². The summed E-state index contributed by atoms with van der Waals surface area (Å²) in [6, 6.07) is 23.3. The Kier molecular flexibility index (Phi) is 14.2. The van der Waals surface area contributed by atoms with Crippen LogP contribution in [0, 0.1) is 6.07 Å². The molecule has 0 aliphatic carbocycles. The number of phenols is 2. The zero-order valence-corrected chi connectivity index (χ0v) is 34.8. The van der Waals surface area contributed by atoms with Crippen molar-refractivity contribution >= 4 is 75.3 Å². The molecular formula is C32H21N4Na3O9S2. The third-order valence-electron chi connectivity index (χ3n) is 7.13. The second kappa shape index (κ2) is 16.9. The molecule has 13 nitrogen and oxygen atoms in total. The molecule has 18 heteroatoms. The molecule has 0 unspecified atom stereocenters. The van der Waals surface area contributed by atoms with Gasteiger partial charge in [0, 0.05) is 27.1 Å². The SMILES string of the molecule is CCOc1cc(N=Nc2ccc3ccc[c-]c3c2S(=O)(=O)[O-])c2ccccc2c1N=Nc1cc(S(=O)(=O)[O-])c2cccc(O)c2c1O.[Na+].[Na+].[Na+]. The molecule has 0 bridgehead atoms. The number of rotatable bonds is 8. The molecule has 6 aromatic rings. The summed E-state index contributed by atoms with van der Waals surface area (Å²) in [5, 5.41) is 38.9. The van der Waals surface area contributed by atoms with Gasteiger partial charge in [-0.05, 0) is 19.1 Å². The van der Waals surface area contributed by atoms with E-state index >= 15 is 0 Å². The molecule has 0 atom stereocenters. The maximum absolute atomic E-state index is 12.3. The van der Waals surface area contributed by atoms with Crippen LogP contribution in [0.5, 0.6) is 17.2 Å². The van der Waals surface area contributed by atoms with Crippen molar-refractivity contribution in [2.75, 3.05) is 6.61 Å². The number of benzene rings is 6. The van der Waals surface area contributed by atoms with E-state index in [9.17, 15) is 36.2 Å². The minimum atomic E-state index is -5.06. The smallest absolute Gasteiger partial charge is 0.751 e. The van der Waals surface area contributed by atoms with Crippen molar-refractivity contribution in [3.63, 3.8) is 0 Å². The van der Waals surface area contributed by atoms with Crippen molar-refractivity contribution in [3.05, 3.63) is 91.0 Å². The predicted octanol–water partition coefficient (Wildman–Crippen LogP) is -1.59. The van der Waals surface area contributed by atoms with Gasteiger partial charge in [-0.3, -0.25) is 0 Å². The molecule has 238 valence electrons. The fourth-order valence-corrected chi connectivity index (χ4v) is 6.63. The molecule has 0 aliphatic heterocycles. The van der Waals surface area contributed by atoms with E-state index in [1.165, 1.54) is 36.4 Å². The molecule has 0 fully saturated rings. The van der Waals surface area contributed by atoms with E-state index in [4.69, 9.17) is 4.74 Å². The Bertz CT molecular complexity index is 2530. The third-order valence-corrected chi connectivity index (χ3v) is 8.92. The van der Waals surface area contributed by atoms with E-state index < -0.39 is 47.2 Å². The minimum absolute atomic E-state index is 0. The Morgan fingerprint density at radius 3 is 2.06 bits per heavy atom. The molecule has 0 amide bonds. The molecule has 0 saturated carbocycles. The van der Waals surface area contributed by atoms with Crippen LogP contribution in [0.4, 0.5) is 22.7 Å². The van der Waals surface area contributed by atoms with Gasteiger partial charge in [-0.15, -0.1) is 45.3 Å². The van der Waals surface area contributed by atoms with Gasteiger partial charge < -0.3 is 24.1 Å². The van der Waals surface area contributed by atoms with E-state index in [1.54, 1.807) is 49.4 Å². The summed E-state index contributed by atoms with van der Waals surface area (Å²) in [5.41, 5.74) is -0.261. The first-order valence-electron chi connectivity index (χ1n) is 13.7. The van der Waals surface area contributed by atoms with Crippen LogP contribution in [0.15, 0.2) is 115 Å². The number of hydrogen-bond acceptors (Lipinski definition) is 13. The number of phenolic OH excluding ortho intramolecular Hbond substituents is 2. The first kappa shape index (κ1) is 41.9. The van der Waals surface area contributed by atoms with Gasteiger partial charge in [-0.2, -0.15) is 10.2 Å². The summed E-state index contributed by atoms with van der Waals surface area (Å²) in [7, 11) is -10.0. The number of ether oxygens (including phenoxy) is 1. The molecular weight excluding hydrogens is 717 g/mol. The first-order chi connectivity index (χ1) is 22.4. The molecule has 0 spiro atoms. The molecule has 0 radical (unpaired) electrons. The summed E-state index contributed by atoms with van der Waals surface area (Å²) in [6.45, 7) is 1.86. The van der Waals surface area contributed by atoms with E-state index in [-0.39, 0.29) is 134 Å². The summed E-state index contributed by atoms with van der Waals surface area (Å²) >= 11 is 0. The largest absolute Gasteiger partial charge is 1.00 e. The van der Waals surface area contributed by atoms with Gasteiger partial charge in [0.1, 0.15) is 33.0 Å². The summed E-state index contributed by atoms with van der Waals surface area (Å²) in [6.07, 6.45) is 0.